The van der Waals surface area contributed by atoms with Crippen molar-refractivity contribution in [3.8, 4) is 17.2 Å². The van der Waals surface area contributed by atoms with Crippen LogP contribution in [-0.2, 0) is 14.3 Å². The number of nitrogens with zero attached hydrogens (tertiary/aromatic N) is 1. The summed E-state index contributed by atoms with van der Waals surface area (Å²) in [6, 6.07) is 9.62. The van der Waals surface area contributed by atoms with Gasteiger partial charge in [-0.05, 0) is 68.1 Å². The van der Waals surface area contributed by atoms with E-state index in [1.807, 2.05) is 13.8 Å². The normalized spacial score (nSPS) is 21.4. The average Bonchev–Trinajstić information content (AvgIpc) is 3.46. The number of Topliss-reactive ketones (excluding diaryl/α,β-unsaturated/α-hetero) is 1. The highest BCUT2D eigenvalue weighted by Crippen LogP contribution is 2.42. The fourth-order valence-electron chi connectivity index (χ4n) is 4.73. The van der Waals surface area contributed by atoms with Gasteiger partial charge >= 0.3 is 0 Å². The zero-order chi connectivity index (χ0) is 25.1. The van der Waals surface area contributed by atoms with Crippen LogP contribution in [0.5, 0.6) is 17.2 Å². The molecule has 0 spiro atoms. The van der Waals surface area contributed by atoms with E-state index in [0.29, 0.717) is 41.6 Å². The van der Waals surface area contributed by atoms with Crippen LogP contribution >= 0.6 is 0 Å². The Balaban J connectivity index is 1.85. The molecule has 186 valence electrons. The van der Waals surface area contributed by atoms with Gasteiger partial charge in [-0.25, -0.2) is 0 Å². The maximum absolute atomic E-state index is 13.3. The number of benzene rings is 2. The molecule has 2 aromatic rings. The monoisotopic (exact) mass is 481 g/mol. The Morgan fingerprint density at radius 3 is 2.46 bits per heavy atom. The number of aryl methyl sites for hydroxylation is 1. The topological polar surface area (TPSA) is 94.5 Å². The fourth-order valence-corrected chi connectivity index (χ4v) is 4.73. The first-order chi connectivity index (χ1) is 16.9. The number of carbonyl (C=O) groups is 2. The van der Waals surface area contributed by atoms with Gasteiger partial charge in [0.15, 0.2) is 11.5 Å². The van der Waals surface area contributed by atoms with Gasteiger partial charge in [-0.1, -0.05) is 6.07 Å². The maximum atomic E-state index is 13.3. The minimum absolute atomic E-state index is 0.0313. The number of aliphatic hydroxyl groups excluding tert-OH is 1. The Morgan fingerprint density at radius 2 is 1.83 bits per heavy atom. The van der Waals surface area contributed by atoms with Crippen LogP contribution in [0.4, 0.5) is 0 Å². The van der Waals surface area contributed by atoms with Gasteiger partial charge in [0, 0.05) is 18.7 Å². The van der Waals surface area contributed by atoms with Gasteiger partial charge < -0.3 is 29.0 Å². The molecule has 1 N–H and O–H groups in total. The van der Waals surface area contributed by atoms with Gasteiger partial charge in [-0.3, -0.25) is 9.59 Å². The Bertz CT molecular complexity index is 1150. The van der Waals surface area contributed by atoms with E-state index >= 15 is 0 Å². The molecule has 8 heteroatoms. The lowest BCUT2D eigenvalue weighted by atomic mass is 9.94. The highest BCUT2D eigenvalue weighted by Gasteiger charge is 2.47. The molecular formula is C27H31NO7. The quantitative estimate of drug-likeness (QED) is 0.346. The summed E-state index contributed by atoms with van der Waals surface area (Å²) in [6.07, 6.45) is 1.55. The van der Waals surface area contributed by atoms with E-state index in [0.717, 1.165) is 18.4 Å². The van der Waals surface area contributed by atoms with Crippen LogP contribution in [0, 0.1) is 6.92 Å². The lowest BCUT2D eigenvalue weighted by Gasteiger charge is -2.28. The summed E-state index contributed by atoms with van der Waals surface area (Å²) < 4.78 is 22.2. The van der Waals surface area contributed by atoms with Gasteiger partial charge in [-0.15, -0.1) is 0 Å². The van der Waals surface area contributed by atoms with Crippen molar-refractivity contribution < 1.29 is 33.6 Å². The van der Waals surface area contributed by atoms with Gasteiger partial charge in [0.05, 0.1) is 38.5 Å². The first kappa shape index (κ1) is 24.6. The van der Waals surface area contributed by atoms with Crippen molar-refractivity contribution in [3.05, 3.63) is 58.7 Å². The van der Waals surface area contributed by atoms with E-state index in [9.17, 15) is 14.7 Å². The molecule has 0 saturated carbocycles. The summed E-state index contributed by atoms with van der Waals surface area (Å²) >= 11 is 0. The van der Waals surface area contributed by atoms with Gasteiger partial charge in [-0.2, -0.15) is 0 Å². The van der Waals surface area contributed by atoms with Crippen LogP contribution < -0.4 is 14.2 Å². The second-order valence-corrected chi connectivity index (χ2v) is 8.61. The number of hydrogen-bond donors (Lipinski definition) is 1. The number of ketones is 1. The highest BCUT2D eigenvalue weighted by atomic mass is 16.5. The van der Waals surface area contributed by atoms with Crippen molar-refractivity contribution in [1.29, 1.82) is 0 Å². The van der Waals surface area contributed by atoms with Crippen molar-refractivity contribution in [2.75, 3.05) is 34.0 Å². The van der Waals surface area contributed by atoms with Crippen LogP contribution in [0.3, 0.4) is 0 Å². The van der Waals surface area contributed by atoms with Gasteiger partial charge in [0.2, 0.25) is 0 Å². The van der Waals surface area contributed by atoms with Crippen LogP contribution in [0.25, 0.3) is 5.76 Å². The first-order valence-corrected chi connectivity index (χ1v) is 11.7. The predicted molar refractivity (Wildman–Crippen MR) is 130 cm³/mol. The Labute approximate surface area is 205 Å². The van der Waals surface area contributed by atoms with E-state index in [-0.39, 0.29) is 24.0 Å². The number of hydrogen-bond acceptors (Lipinski definition) is 7. The third-order valence-corrected chi connectivity index (χ3v) is 6.44. The summed E-state index contributed by atoms with van der Waals surface area (Å²) in [5, 5.41) is 11.3. The fraction of sp³-hybridized carbons (Fsp3) is 0.407. The highest BCUT2D eigenvalue weighted by molar-refractivity contribution is 6.46. The molecule has 35 heavy (non-hydrogen) atoms. The molecule has 2 unspecified atom stereocenters. The number of carbonyl (C=O) groups excluding carboxylic acids is 2. The zero-order valence-corrected chi connectivity index (χ0v) is 20.5. The summed E-state index contributed by atoms with van der Waals surface area (Å²) in [6.45, 7) is 5.07. The molecule has 0 aromatic heterocycles. The maximum Gasteiger partial charge on any atom is 0.295 e. The summed E-state index contributed by atoms with van der Waals surface area (Å²) in [4.78, 5) is 28.0. The molecule has 2 aliphatic heterocycles. The Kier molecular flexibility index (Phi) is 7.31. The summed E-state index contributed by atoms with van der Waals surface area (Å²) in [5.74, 6) is 0.0693. The molecular weight excluding hydrogens is 450 g/mol. The second kappa shape index (κ2) is 10.4. The zero-order valence-electron chi connectivity index (χ0n) is 20.5. The molecule has 4 rings (SSSR count). The minimum atomic E-state index is -0.800. The van der Waals surface area contributed by atoms with E-state index in [2.05, 4.69) is 0 Å². The Morgan fingerprint density at radius 1 is 1.09 bits per heavy atom. The van der Waals surface area contributed by atoms with Crippen molar-refractivity contribution in [2.45, 2.75) is 38.8 Å². The first-order valence-electron chi connectivity index (χ1n) is 11.7. The van der Waals surface area contributed by atoms with Crippen molar-refractivity contribution >= 4 is 17.4 Å². The number of rotatable bonds is 8. The van der Waals surface area contributed by atoms with Crippen molar-refractivity contribution in [3.63, 3.8) is 0 Å². The molecule has 8 nitrogen and oxygen atoms in total. The van der Waals surface area contributed by atoms with E-state index in [4.69, 9.17) is 18.9 Å². The molecule has 2 saturated heterocycles. The van der Waals surface area contributed by atoms with Crippen LogP contribution in [0.15, 0.2) is 42.0 Å². The third kappa shape index (κ3) is 4.71. The number of likely N-dealkylation sites (tertiary alicyclic amines) is 1. The lowest BCUT2D eigenvalue weighted by Crippen LogP contribution is -2.36. The molecule has 2 aliphatic rings. The molecule has 2 heterocycles. The predicted octanol–water partition coefficient (Wildman–Crippen LogP) is 4.01. The number of ether oxygens (including phenoxy) is 4. The lowest BCUT2D eigenvalue weighted by molar-refractivity contribution is -0.140. The summed E-state index contributed by atoms with van der Waals surface area (Å²) in [7, 11) is 3.10. The number of amides is 1. The molecule has 1 amide bonds. The Hall–Kier alpha value is -3.52. The van der Waals surface area contributed by atoms with E-state index in [1.54, 1.807) is 43.5 Å². The van der Waals surface area contributed by atoms with Crippen molar-refractivity contribution in [2.24, 2.45) is 0 Å². The molecule has 0 aliphatic carbocycles. The standard InChI is InChI=1S/C27H31NO7/c1-5-34-21-11-8-17(14-22(21)33-4)24-23(25(29)18-9-10-20(32-3)16(2)13-18)26(30)27(31)28(24)15-19-7-6-12-35-19/h8-11,13-14,19,24,29H,5-7,12,15H2,1-4H3/b25-23-. The molecule has 0 radical (unpaired) electrons. The molecule has 2 aromatic carbocycles. The largest absolute Gasteiger partial charge is 0.507 e. The number of methoxy groups -OCH3 is 2. The SMILES string of the molecule is CCOc1ccc(C2/C(=C(/O)c3ccc(OC)c(C)c3)C(=O)C(=O)N2CC2CCCO2)cc1OC. The van der Waals surface area contributed by atoms with E-state index < -0.39 is 17.7 Å². The smallest absolute Gasteiger partial charge is 0.295 e. The average molecular weight is 482 g/mol. The molecule has 2 atom stereocenters. The summed E-state index contributed by atoms with van der Waals surface area (Å²) in [5.41, 5.74) is 1.89. The molecule has 0 bridgehead atoms. The third-order valence-electron chi connectivity index (χ3n) is 6.44. The van der Waals surface area contributed by atoms with Crippen LogP contribution in [-0.4, -0.2) is 61.8 Å². The number of aliphatic hydroxyl groups is 1. The minimum Gasteiger partial charge on any atom is -0.507 e. The van der Waals surface area contributed by atoms with E-state index in [1.165, 1.54) is 12.0 Å². The van der Waals surface area contributed by atoms with Crippen LogP contribution in [0.1, 0.15) is 42.5 Å². The van der Waals surface area contributed by atoms with Gasteiger partial charge in [0.1, 0.15) is 11.5 Å². The van der Waals surface area contributed by atoms with Crippen molar-refractivity contribution in [1.82, 2.24) is 4.90 Å². The van der Waals surface area contributed by atoms with Gasteiger partial charge in [0.25, 0.3) is 11.7 Å². The molecule has 2 fully saturated rings. The van der Waals surface area contributed by atoms with Crippen LogP contribution in [0.2, 0.25) is 0 Å². The second-order valence-electron chi connectivity index (χ2n) is 8.61.